The smallest absolute Gasteiger partial charge is 0.306 e. The lowest BCUT2D eigenvalue weighted by molar-refractivity contribution is 0.187. The topological polar surface area (TPSA) is 35.5 Å². The van der Waals surface area contributed by atoms with E-state index in [9.17, 15) is 4.57 Å². The predicted molar refractivity (Wildman–Crippen MR) is 52.9 cm³/mol. The van der Waals surface area contributed by atoms with Crippen LogP contribution in [-0.2, 0) is 13.6 Å². The van der Waals surface area contributed by atoms with Crippen LogP contribution in [0, 0.1) is 0 Å². The quantitative estimate of drug-likeness (QED) is 0.686. The second kappa shape index (κ2) is 4.61. The first kappa shape index (κ1) is 11.3. The average molecular weight is 225 g/mol. The molecule has 76 valence electrons. The van der Waals surface area contributed by atoms with E-state index < -0.39 is 7.60 Å². The first-order valence-electron chi connectivity index (χ1n) is 4.42. The van der Waals surface area contributed by atoms with E-state index in [1.54, 1.807) is 6.92 Å². The van der Waals surface area contributed by atoms with E-state index in [2.05, 4.69) is 0 Å². The van der Waals surface area contributed by atoms with Gasteiger partial charge in [0.1, 0.15) is 6.10 Å². The monoisotopic (exact) mass is 224 g/mol. The van der Waals surface area contributed by atoms with Gasteiger partial charge in [0.2, 0.25) is 0 Å². The Hall–Kier alpha value is 0.180. The Morgan fingerprint density at radius 2 is 2.38 bits per heavy atom. The Kier molecular flexibility index (Phi) is 3.99. The van der Waals surface area contributed by atoms with Crippen molar-refractivity contribution in [1.82, 2.24) is 0 Å². The van der Waals surface area contributed by atoms with Crippen LogP contribution in [-0.4, -0.2) is 12.7 Å². The minimum atomic E-state index is -3.01. The third-order valence-electron chi connectivity index (χ3n) is 1.72. The molecule has 0 aromatic carbocycles. The van der Waals surface area contributed by atoms with Crippen molar-refractivity contribution < 1.29 is 13.6 Å². The van der Waals surface area contributed by atoms with Crippen molar-refractivity contribution >= 4 is 19.2 Å². The van der Waals surface area contributed by atoms with Crippen LogP contribution in [0.1, 0.15) is 26.7 Å². The van der Waals surface area contributed by atoms with Crippen molar-refractivity contribution in [2.45, 2.75) is 32.8 Å². The van der Waals surface area contributed by atoms with E-state index in [4.69, 9.17) is 20.6 Å². The van der Waals surface area contributed by atoms with Gasteiger partial charge >= 0.3 is 7.60 Å². The summed E-state index contributed by atoms with van der Waals surface area (Å²) in [4.78, 5) is 0. The van der Waals surface area contributed by atoms with Crippen molar-refractivity contribution in [3.8, 4) is 0 Å². The molecule has 0 saturated heterocycles. The summed E-state index contributed by atoms with van der Waals surface area (Å²) in [7, 11) is -3.01. The normalized spacial score (nSPS) is 33.5. The van der Waals surface area contributed by atoms with Gasteiger partial charge in [-0.3, -0.25) is 9.09 Å². The molecule has 0 aromatic rings. The maximum absolute atomic E-state index is 11.7. The standard InChI is InChI=1S/C8H14ClO3P/c1-3-5-8-7(9)6-13(10,12-8)11-4-2/h6,8H,3-5H2,1-2H3. The lowest BCUT2D eigenvalue weighted by atomic mass is 10.2. The summed E-state index contributed by atoms with van der Waals surface area (Å²) in [6.07, 6.45) is 1.50. The molecule has 1 aliphatic heterocycles. The molecule has 0 saturated carbocycles. The van der Waals surface area contributed by atoms with Crippen molar-refractivity contribution in [2.24, 2.45) is 0 Å². The Labute approximate surface area is 83.6 Å². The fourth-order valence-electron chi connectivity index (χ4n) is 1.19. The van der Waals surface area contributed by atoms with Gasteiger partial charge in [-0.2, -0.15) is 0 Å². The molecule has 0 fully saturated rings. The van der Waals surface area contributed by atoms with Gasteiger partial charge in [-0.15, -0.1) is 0 Å². The second-order valence-electron chi connectivity index (χ2n) is 2.85. The zero-order valence-corrected chi connectivity index (χ0v) is 9.48. The highest BCUT2D eigenvalue weighted by Crippen LogP contribution is 2.58. The van der Waals surface area contributed by atoms with Gasteiger partial charge in [-0.1, -0.05) is 24.9 Å². The third-order valence-corrected chi connectivity index (χ3v) is 3.99. The average Bonchev–Trinajstić information content (AvgIpc) is 2.28. The van der Waals surface area contributed by atoms with Gasteiger partial charge in [0.05, 0.1) is 11.6 Å². The van der Waals surface area contributed by atoms with Crippen LogP contribution < -0.4 is 0 Å². The van der Waals surface area contributed by atoms with Gasteiger partial charge in [0.25, 0.3) is 0 Å². The molecule has 0 aliphatic carbocycles. The van der Waals surface area contributed by atoms with Crippen LogP contribution in [0.3, 0.4) is 0 Å². The highest BCUT2D eigenvalue weighted by atomic mass is 35.5. The highest BCUT2D eigenvalue weighted by Gasteiger charge is 2.35. The SMILES string of the molecule is CCCC1OP(=O)(OCC)C=C1Cl. The van der Waals surface area contributed by atoms with Crippen molar-refractivity contribution in [3.63, 3.8) is 0 Å². The van der Waals surface area contributed by atoms with Gasteiger partial charge in [-0.25, -0.2) is 0 Å². The summed E-state index contributed by atoms with van der Waals surface area (Å²) in [5, 5.41) is 0.513. The summed E-state index contributed by atoms with van der Waals surface area (Å²) < 4.78 is 22.0. The molecule has 13 heavy (non-hydrogen) atoms. The molecule has 0 spiro atoms. The molecule has 1 heterocycles. The first-order valence-corrected chi connectivity index (χ1v) is 6.41. The Morgan fingerprint density at radius 3 is 2.92 bits per heavy atom. The number of hydrogen-bond donors (Lipinski definition) is 0. The molecule has 5 heteroatoms. The molecule has 0 aromatic heterocycles. The summed E-state index contributed by atoms with van der Waals surface area (Å²) in [5.74, 6) is 1.42. The highest BCUT2D eigenvalue weighted by molar-refractivity contribution is 7.57. The molecule has 0 bridgehead atoms. The maximum Gasteiger partial charge on any atom is 0.356 e. The number of hydrogen-bond acceptors (Lipinski definition) is 3. The van der Waals surface area contributed by atoms with E-state index >= 15 is 0 Å². The molecule has 2 atom stereocenters. The summed E-state index contributed by atoms with van der Waals surface area (Å²) in [5.41, 5.74) is 0. The molecule has 2 unspecified atom stereocenters. The maximum atomic E-state index is 11.7. The summed E-state index contributed by atoms with van der Waals surface area (Å²) >= 11 is 5.86. The van der Waals surface area contributed by atoms with E-state index in [-0.39, 0.29) is 6.10 Å². The van der Waals surface area contributed by atoms with Crippen LogP contribution in [0.4, 0.5) is 0 Å². The zero-order chi connectivity index (χ0) is 9.90. The van der Waals surface area contributed by atoms with Crippen molar-refractivity contribution in [2.75, 3.05) is 6.61 Å². The van der Waals surface area contributed by atoms with Crippen LogP contribution in [0.5, 0.6) is 0 Å². The minimum Gasteiger partial charge on any atom is -0.306 e. The molecule has 0 radical (unpaired) electrons. The zero-order valence-electron chi connectivity index (χ0n) is 7.83. The van der Waals surface area contributed by atoms with Gasteiger partial charge in [0.15, 0.2) is 0 Å². The lowest BCUT2D eigenvalue weighted by Gasteiger charge is -2.13. The molecule has 1 rings (SSSR count). The number of halogens is 1. The summed E-state index contributed by atoms with van der Waals surface area (Å²) in [6, 6.07) is 0. The molecule has 1 aliphatic rings. The van der Waals surface area contributed by atoms with E-state index in [0.29, 0.717) is 11.6 Å². The largest absolute Gasteiger partial charge is 0.356 e. The van der Waals surface area contributed by atoms with Crippen LogP contribution in [0.2, 0.25) is 0 Å². The van der Waals surface area contributed by atoms with Crippen molar-refractivity contribution in [1.29, 1.82) is 0 Å². The van der Waals surface area contributed by atoms with E-state index in [1.165, 1.54) is 5.82 Å². The van der Waals surface area contributed by atoms with Crippen molar-refractivity contribution in [3.05, 3.63) is 10.8 Å². The third kappa shape index (κ3) is 2.81. The summed E-state index contributed by atoms with van der Waals surface area (Å²) in [6.45, 7) is 4.17. The molecule has 0 N–H and O–H groups in total. The predicted octanol–water partition coefficient (Wildman–Crippen LogP) is 3.50. The van der Waals surface area contributed by atoms with Crippen LogP contribution >= 0.6 is 19.2 Å². The molecule has 0 amide bonds. The minimum absolute atomic E-state index is 0.232. The fraction of sp³-hybridized carbons (Fsp3) is 0.750. The lowest BCUT2D eigenvalue weighted by Crippen LogP contribution is -2.05. The second-order valence-corrected chi connectivity index (χ2v) is 5.10. The number of rotatable bonds is 4. The Bertz CT molecular complexity index is 252. The Balaban J connectivity index is 2.63. The van der Waals surface area contributed by atoms with Gasteiger partial charge in [0, 0.05) is 5.82 Å². The van der Waals surface area contributed by atoms with Crippen LogP contribution in [0.25, 0.3) is 0 Å². The van der Waals surface area contributed by atoms with E-state index in [1.807, 2.05) is 6.92 Å². The Morgan fingerprint density at radius 1 is 1.69 bits per heavy atom. The van der Waals surface area contributed by atoms with E-state index in [0.717, 1.165) is 12.8 Å². The molecular formula is C8H14ClO3P. The van der Waals surface area contributed by atoms with Gasteiger partial charge < -0.3 is 4.52 Å². The fourth-order valence-corrected chi connectivity index (χ4v) is 3.37. The van der Waals surface area contributed by atoms with Crippen LogP contribution in [0.15, 0.2) is 10.8 Å². The molecular weight excluding hydrogens is 211 g/mol. The van der Waals surface area contributed by atoms with Gasteiger partial charge in [-0.05, 0) is 13.3 Å². The first-order chi connectivity index (χ1) is 6.11. The molecule has 3 nitrogen and oxygen atoms in total.